The average Bonchev–Trinajstić information content (AvgIpc) is 2.55. The molecule has 1 aliphatic carbocycles. The van der Waals surface area contributed by atoms with Gasteiger partial charge in [-0.3, -0.25) is 4.79 Å². The highest BCUT2D eigenvalue weighted by molar-refractivity contribution is 5.82. The van der Waals surface area contributed by atoms with Crippen LogP contribution < -0.4 is 10.1 Å². The van der Waals surface area contributed by atoms with Crippen LogP contribution in [-0.2, 0) is 14.3 Å². The van der Waals surface area contributed by atoms with E-state index >= 15 is 0 Å². The van der Waals surface area contributed by atoms with E-state index in [9.17, 15) is 9.59 Å². The average molecular weight is 319 g/mol. The van der Waals surface area contributed by atoms with Gasteiger partial charge in [-0.25, -0.2) is 4.79 Å². The van der Waals surface area contributed by atoms with Gasteiger partial charge in [-0.15, -0.1) is 0 Å². The molecule has 0 spiro atoms. The second-order valence-electron chi connectivity index (χ2n) is 6.12. The van der Waals surface area contributed by atoms with E-state index in [1.165, 1.54) is 6.42 Å². The first-order valence-electron chi connectivity index (χ1n) is 8.24. The molecule has 0 bridgehead atoms. The number of ether oxygens (including phenoxy) is 2. The molecular weight excluding hydrogens is 294 g/mol. The van der Waals surface area contributed by atoms with E-state index < -0.39 is 12.1 Å². The van der Waals surface area contributed by atoms with Gasteiger partial charge < -0.3 is 14.8 Å². The molecule has 0 aliphatic heterocycles. The Hall–Kier alpha value is -2.04. The summed E-state index contributed by atoms with van der Waals surface area (Å²) < 4.78 is 10.5. The van der Waals surface area contributed by atoms with Crippen LogP contribution in [-0.4, -0.2) is 30.6 Å². The zero-order chi connectivity index (χ0) is 16.7. The van der Waals surface area contributed by atoms with E-state index in [1.54, 1.807) is 19.1 Å². The monoisotopic (exact) mass is 319 g/mol. The highest BCUT2D eigenvalue weighted by Gasteiger charge is 2.24. The number of nitrogens with one attached hydrogen (secondary N) is 1. The molecule has 0 saturated heterocycles. The fourth-order valence-corrected chi connectivity index (χ4v) is 2.78. The molecule has 1 aromatic carbocycles. The third-order valence-electron chi connectivity index (χ3n) is 4.19. The number of carbonyl (C=O) groups is 2. The van der Waals surface area contributed by atoms with E-state index in [1.807, 2.05) is 18.2 Å². The first kappa shape index (κ1) is 17.3. The third kappa shape index (κ3) is 5.58. The molecular formula is C18H25NO4. The summed E-state index contributed by atoms with van der Waals surface area (Å²) in [6.45, 7) is 3.49. The highest BCUT2D eigenvalue weighted by atomic mass is 16.6. The molecule has 1 saturated carbocycles. The van der Waals surface area contributed by atoms with Crippen molar-refractivity contribution < 1.29 is 19.1 Å². The lowest BCUT2D eigenvalue weighted by atomic mass is 9.86. The Bertz CT molecular complexity index is 517. The molecule has 126 valence electrons. The lowest BCUT2D eigenvalue weighted by molar-refractivity contribution is -0.155. The highest BCUT2D eigenvalue weighted by Crippen LogP contribution is 2.23. The summed E-state index contributed by atoms with van der Waals surface area (Å²) in [4.78, 5) is 23.8. The van der Waals surface area contributed by atoms with Gasteiger partial charge in [0.25, 0.3) is 5.91 Å². The van der Waals surface area contributed by atoms with Crippen LogP contribution >= 0.6 is 0 Å². The van der Waals surface area contributed by atoms with Crippen molar-refractivity contribution in [2.45, 2.75) is 51.7 Å². The minimum atomic E-state index is -0.751. The van der Waals surface area contributed by atoms with Crippen molar-refractivity contribution in [3.05, 3.63) is 30.3 Å². The molecule has 2 rings (SSSR count). The topological polar surface area (TPSA) is 64.6 Å². The predicted octanol–water partition coefficient (Wildman–Crippen LogP) is 2.69. The molecule has 1 amide bonds. The van der Waals surface area contributed by atoms with Gasteiger partial charge in [0.1, 0.15) is 5.75 Å². The van der Waals surface area contributed by atoms with Crippen LogP contribution in [0.1, 0.15) is 39.5 Å². The lowest BCUT2D eigenvalue weighted by Crippen LogP contribution is -2.43. The molecule has 1 aliphatic rings. The first-order valence-corrected chi connectivity index (χ1v) is 8.24. The Balaban J connectivity index is 1.71. The number of para-hydroxylation sites is 1. The van der Waals surface area contributed by atoms with Gasteiger partial charge in [0.05, 0.1) is 0 Å². The Kier molecular flexibility index (Phi) is 6.44. The molecule has 3 atom stereocenters. The van der Waals surface area contributed by atoms with Gasteiger partial charge in [-0.2, -0.15) is 0 Å². The SMILES string of the molecule is C[C@@H]1CCCC[C@H]1NC(=O)COC(=O)[C@@H](C)Oc1ccccc1. The first-order chi connectivity index (χ1) is 11.1. The van der Waals surface area contributed by atoms with E-state index in [0.717, 1.165) is 19.3 Å². The van der Waals surface area contributed by atoms with Crippen LogP contribution in [0, 0.1) is 5.92 Å². The van der Waals surface area contributed by atoms with Gasteiger partial charge in [0.15, 0.2) is 12.7 Å². The lowest BCUT2D eigenvalue weighted by Gasteiger charge is -2.29. The van der Waals surface area contributed by atoms with Crippen molar-refractivity contribution in [2.24, 2.45) is 5.92 Å². The molecule has 0 aromatic heterocycles. The summed E-state index contributed by atoms with van der Waals surface area (Å²) in [6.07, 6.45) is 3.73. The zero-order valence-corrected chi connectivity index (χ0v) is 13.8. The Morgan fingerprint density at radius 1 is 1.22 bits per heavy atom. The third-order valence-corrected chi connectivity index (χ3v) is 4.19. The molecule has 5 heteroatoms. The van der Waals surface area contributed by atoms with Crippen LogP contribution in [0.4, 0.5) is 0 Å². The van der Waals surface area contributed by atoms with Gasteiger partial charge >= 0.3 is 5.97 Å². The number of esters is 1. The molecule has 0 heterocycles. The molecule has 0 radical (unpaired) electrons. The van der Waals surface area contributed by atoms with Crippen molar-refractivity contribution in [1.29, 1.82) is 0 Å². The minimum Gasteiger partial charge on any atom is -0.479 e. The predicted molar refractivity (Wildman–Crippen MR) is 87.1 cm³/mol. The fourth-order valence-electron chi connectivity index (χ4n) is 2.78. The number of benzene rings is 1. The summed E-state index contributed by atoms with van der Waals surface area (Å²) in [7, 11) is 0. The number of hydrogen-bond donors (Lipinski definition) is 1. The molecule has 1 fully saturated rings. The van der Waals surface area contributed by atoms with Gasteiger partial charge in [0, 0.05) is 6.04 Å². The smallest absolute Gasteiger partial charge is 0.347 e. The molecule has 5 nitrogen and oxygen atoms in total. The number of rotatable bonds is 6. The second-order valence-corrected chi connectivity index (χ2v) is 6.12. The van der Waals surface area contributed by atoms with Crippen LogP contribution in [0.15, 0.2) is 30.3 Å². The van der Waals surface area contributed by atoms with E-state index in [0.29, 0.717) is 11.7 Å². The number of amides is 1. The van der Waals surface area contributed by atoms with Crippen LogP contribution in [0.2, 0.25) is 0 Å². The molecule has 1 aromatic rings. The van der Waals surface area contributed by atoms with Crippen molar-refractivity contribution >= 4 is 11.9 Å². The van der Waals surface area contributed by atoms with Crippen LogP contribution in [0.5, 0.6) is 5.75 Å². The van der Waals surface area contributed by atoms with Crippen LogP contribution in [0.3, 0.4) is 0 Å². The molecule has 0 unspecified atom stereocenters. The van der Waals surface area contributed by atoms with E-state index in [4.69, 9.17) is 9.47 Å². The molecule has 23 heavy (non-hydrogen) atoms. The zero-order valence-electron chi connectivity index (χ0n) is 13.8. The standard InChI is InChI=1S/C18H25NO4/c1-13-8-6-7-11-16(13)19-17(20)12-22-18(21)14(2)23-15-9-4-3-5-10-15/h3-5,9-10,13-14,16H,6-8,11-12H2,1-2H3,(H,19,20)/t13-,14-,16-/m1/s1. The minimum absolute atomic E-state index is 0.188. The maximum absolute atomic E-state index is 11.9. The maximum atomic E-state index is 11.9. The van der Waals surface area contributed by atoms with Gasteiger partial charge in [-0.05, 0) is 37.8 Å². The van der Waals surface area contributed by atoms with Crippen molar-refractivity contribution in [2.75, 3.05) is 6.61 Å². The number of carbonyl (C=O) groups excluding carboxylic acids is 2. The van der Waals surface area contributed by atoms with Crippen LogP contribution in [0.25, 0.3) is 0 Å². The van der Waals surface area contributed by atoms with E-state index in [-0.39, 0.29) is 18.6 Å². The maximum Gasteiger partial charge on any atom is 0.347 e. The quantitative estimate of drug-likeness (QED) is 0.819. The Morgan fingerprint density at radius 3 is 2.61 bits per heavy atom. The molecule has 1 N–H and O–H groups in total. The summed E-state index contributed by atoms with van der Waals surface area (Å²) in [6, 6.07) is 9.24. The second kappa shape index (κ2) is 8.56. The summed E-state index contributed by atoms with van der Waals surface area (Å²) in [5, 5.41) is 2.96. The Labute approximate surface area is 137 Å². The normalized spacial score (nSPS) is 22.0. The van der Waals surface area contributed by atoms with Gasteiger partial charge in [0.2, 0.25) is 0 Å². The van der Waals surface area contributed by atoms with Crippen molar-refractivity contribution in [3.63, 3.8) is 0 Å². The Morgan fingerprint density at radius 2 is 1.91 bits per heavy atom. The van der Waals surface area contributed by atoms with Crippen molar-refractivity contribution in [1.82, 2.24) is 5.32 Å². The summed E-state index contributed by atoms with van der Waals surface area (Å²) in [5.41, 5.74) is 0. The van der Waals surface area contributed by atoms with Crippen molar-refractivity contribution in [3.8, 4) is 5.75 Å². The summed E-state index contributed by atoms with van der Waals surface area (Å²) >= 11 is 0. The van der Waals surface area contributed by atoms with E-state index in [2.05, 4.69) is 12.2 Å². The summed E-state index contributed by atoms with van der Waals surface area (Å²) in [5.74, 6) is 0.283. The van der Waals surface area contributed by atoms with Gasteiger partial charge in [-0.1, -0.05) is 38.0 Å². The largest absolute Gasteiger partial charge is 0.479 e. The fraction of sp³-hybridized carbons (Fsp3) is 0.556. The number of hydrogen-bond acceptors (Lipinski definition) is 4.